The molecule has 1 atom stereocenters. The molecule has 1 aliphatic heterocycles. The van der Waals surface area contributed by atoms with E-state index in [0.717, 1.165) is 41.2 Å². The van der Waals surface area contributed by atoms with Gasteiger partial charge in [-0.1, -0.05) is 18.7 Å². The summed E-state index contributed by atoms with van der Waals surface area (Å²) in [7, 11) is 2.06. The number of pyridine rings is 1. The number of aryl methyl sites for hydroxylation is 2. The molecule has 0 aromatic carbocycles. The van der Waals surface area contributed by atoms with Crippen LogP contribution in [0, 0.1) is 36.5 Å². The molecule has 3 rings (SSSR count). The second-order valence-electron chi connectivity index (χ2n) is 7.18. The molecule has 1 aliphatic rings. The highest BCUT2D eigenvalue weighted by Crippen LogP contribution is 2.37. The number of likely N-dealkylation sites (N-methyl/N-ethyl adjacent to an activating group) is 1. The van der Waals surface area contributed by atoms with Crippen LogP contribution < -0.4 is 5.32 Å². The van der Waals surface area contributed by atoms with E-state index in [1.54, 1.807) is 0 Å². The number of hydrogen-bond donors (Lipinski definition) is 1. The van der Waals surface area contributed by atoms with E-state index in [1.807, 2.05) is 26.8 Å². The van der Waals surface area contributed by atoms with Gasteiger partial charge in [-0.25, -0.2) is 4.98 Å². The molecule has 6 nitrogen and oxygen atoms in total. The van der Waals surface area contributed by atoms with Gasteiger partial charge in [0.2, 0.25) is 5.91 Å². The fourth-order valence-electron chi connectivity index (χ4n) is 3.41. The Balaban J connectivity index is 1.84. The van der Waals surface area contributed by atoms with Crippen molar-refractivity contribution in [1.29, 1.82) is 10.5 Å². The molecule has 8 heteroatoms. The summed E-state index contributed by atoms with van der Waals surface area (Å²) in [4.78, 5) is 20.9. The van der Waals surface area contributed by atoms with Crippen molar-refractivity contribution in [3.05, 3.63) is 38.9 Å². The number of fused-ring (bicyclic) bond motifs is 1. The molecule has 0 fully saturated rings. The van der Waals surface area contributed by atoms with E-state index in [-0.39, 0.29) is 5.91 Å². The van der Waals surface area contributed by atoms with Gasteiger partial charge in [0.25, 0.3) is 0 Å². The predicted octanol–water partition coefficient (Wildman–Crippen LogP) is 4.00. The lowest BCUT2D eigenvalue weighted by Crippen LogP contribution is -2.25. The second kappa shape index (κ2) is 8.96. The smallest absolute Gasteiger partial charge is 0.238 e. The fourth-order valence-corrected chi connectivity index (χ4v) is 5.82. The summed E-state index contributed by atoms with van der Waals surface area (Å²) in [6.07, 6.45) is 1.41. The van der Waals surface area contributed by atoms with Gasteiger partial charge in [0, 0.05) is 23.7 Å². The SMILES string of the molecule is CCC(Sc1nc(C)cc(C)c1C#N)C(=O)Nc1sc2c(c1C#N)CCN(C)C2. The lowest BCUT2D eigenvalue weighted by molar-refractivity contribution is -0.115. The third-order valence-electron chi connectivity index (χ3n) is 4.94. The van der Waals surface area contributed by atoms with Crippen molar-refractivity contribution >= 4 is 34.0 Å². The fraction of sp³-hybridized carbons (Fsp3) is 0.429. The van der Waals surface area contributed by atoms with E-state index in [9.17, 15) is 15.3 Å². The molecule has 1 amide bonds. The second-order valence-corrected chi connectivity index (χ2v) is 9.48. The highest BCUT2D eigenvalue weighted by molar-refractivity contribution is 8.00. The number of rotatable bonds is 5. The summed E-state index contributed by atoms with van der Waals surface area (Å²) in [5, 5.41) is 22.9. The Kier molecular flexibility index (Phi) is 6.59. The number of nitriles is 2. The zero-order valence-corrected chi connectivity index (χ0v) is 18.6. The molecule has 29 heavy (non-hydrogen) atoms. The number of nitrogens with zero attached hydrogens (tertiary/aromatic N) is 4. The Morgan fingerprint density at radius 2 is 2.10 bits per heavy atom. The quantitative estimate of drug-likeness (QED) is 0.728. The highest BCUT2D eigenvalue weighted by Gasteiger charge is 2.27. The minimum absolute atomic E-state index is 0.161. The number of carbonyl (C=O) groups is 1. The summed E-state index contributed by atoms with van der Waals surface area (Å²) in [6, 6.07) is 6.35. The van der Waals surface area contributed by atoms with Crippen LogP contribution in [-0.2, 0) is 17.8 Å². The van der Waals surface area contributed by atoms with E-state index in [0.29, 0.717) is 27.6 Å². The molecule has 1 N–H and O–H groups in total. The molecule has 0 saturated heterocycles. The number of nitrogens with one attached hydrogen (secondary N) is 1. The summed E-state index contributed by atoms with van der Waals surface area (Å²) in [5.74, 6) is -0.161. The van der Waals surface area contributed by atoms with Gasteiger partial charge in [-0.3, -0.25) is 4.79 Å². The van der Waals surface area contributed by atoms with Gasteiger partial charge < -0.3 is 10.2 Å². The topological polar surface area (TPSA) is 92.8 Å². The first-order valence-corrected chi connectivity index (χ1v) is 11.2. The van der Waals surface area contributed by atoms with Gasteiger partial charge in [0.1, 0.15) is 22.2 Å². The molecular weight excluding hydrogens is 402 g/mol. The first-order valence-electron chi connectivity index (χ1n) is 9.46. The minimum atomic E-state index is -0.399. The molecule has 0 aliphatic carbocycles. The van der Waals surface area contributed by atoms with Crippen molar-refractivity contribution in [1.82, 2.24) is 9.88 Å². The van der Waals surface area contributed by atoms with E-state index in [1.165, 1.54) is 23.1 Å². The van der Waals surface area contributed by atoms with Crippen LogP contribution in [-0.4, -0.2) is 34.6 Å². The van der Waals surface area contributed by atoms with Gasteiger partial charge in [-0.05, 0) is 50.9 Å². The first kappa shape index (κ1) is 21.3. The monoisotopic (exact) mass is 425 g/mol. The number of thioether (sulfide) groups is 1. The van der Waals surface area contributed by atoms with Crippen LogP contribution >= 0.6 is 23.1 Å². The lowest BCUT2D eigenvalue weighted by atomic mass is 10.0. The number of hydrogen-bond acceptors (Lipinski definition) is 7. The van der Waals surface area contributed by atoms with Gasteiger partial charge in [-0.2, -0.15) is 10.5 Å². The van der Waals surface area contributed by atoms with Crippen molar-refractivity contribution < 1.29 is 4.79 Å². The zero-order chi connectivity index (χ0) is 21.1. The van der Waals surface area contributed by atoms with Gasteiger partial charge in [0.05, 0.1) is 16.4 Å². The third kappa shape index (κ3) is 4.45. The molecule has 2 aromatic rings. The van der Waals surface area contributed by atoms with E-state index in [2.05, 4.69) is 34.4 Å². The average Bonchev–Trinajstić information content (AvgIpc) is 3.01. The summed E-state index contributed by atoms with van der Waals surface area (Å²) < 4.78 is 0. The summed E-state index contributed by atoms with van der Waals surface area (Å²) in [5.41, 5.74) is 3.85. The van der Waals surface area contributed by atoms with Crippen LogP contribution in [0.1, 0.15) is 46.2 Å². The maximum absolute atomic E-state index is 13.0. The van der Waals surface area contributed by atoms with Crippen molar-refractivity contribution in [2.75, 3.05) is 18.9 Å². The van der Waals surface area contributed by atoms with Gasteiger partial charge in [-0.15, -0.1) is 11.3 Å². The molecule has 0 bridgehead atoms. The Labute approximate surface area is 179 Å². The van der Waals surface area contributed by atoms with Gasteiger partial charge in [0.15, 0.2) is 0 Å². The molecule has 0 saturated carbocycles. The van der Waals surface area contributed by atoms with Crippen molar-refractivity contribution in [2.24, 2.45) is 0 Å². The van der Waals surface area contributed by atoms with E-state index in [4.69, 9.17) is 0 Å². The third-order valence-corrected chi connectivity index (χ3v) is 7.42. The van der Waals surface area contributed by atoms with E-state index < -0.39 is 5.25 Å². The maximum atomic E-state index is 13.0. The first-order chi connectivity index (χ1) is 13.9. The van der Waals surface area contributed by atoms with E-state index >= 15 is 0 Å². The lowest BCUT2D eigenvalue weighted by Gasteiger charge is -2.21. The maximum Gasteiger partial charge on any atom is 0.238 e. The number of amides is 1. The Hall–Kier alpha value is -2.39. The molecule has 2 aromatic heterocycles. The predicted molar refractivity (Wildman–Crippen MR) is 116 cm³/mol. The van der Waals surface area contributed by atoms with Crippen molar-refractivity contribution in [3.63, 3.8) is 0 Å². The normalized spacial score (nSPS) is 14.6. The zero-order valence-electron chi connectivity index (χ0n) is 17.0. The Morgan fingerprint density at radius 3 is 2.76 bits per heavy atom. The van der Waals surface area contributed by atoms with Crippen LogP contribution in [0.5, 0.6) is 0 Å². The number of anilines is 1. The highest BCUT2D eigenvalue weighted by atomic mass is 32.2. The van der Waals surface area contributed by atoms with Crippen LogP contribution in [0.4, 0.5) is 5.00 Å². The van der Waals surface area contributed by atoms with Crippen molar-refractivity contribution in [2.45, 2.75) is 50.4 Å². The Morgan fingerprint density at radius 1 is 1.38 bits per heavy atom. The van der Waals surface area contributed by atoms with Crippen molar-refractivity contribution in [3.8, 4) is 12.1 Å². The minimum Gasteiger partial charge on any atom is -0.316 e. The molecule has 0 radical (unpaired) electrons. The molecule has 1 unspecified atom stereocenters. The van der Waals surface area contributed by atoms with Gasteiger partial charge >= 0.3 is 0 Å². The molecule has 150 valence electrons. The number of thiophene rings is 1. The summed E-state index contributed by atoms with van der Waals surface area (Å²) >= 11 is 2.80. The average molecular weight is 426 g/mol. The van der Waals surface area contributed by atoms with Crippen LogP contribution in [0.3, 0.4) is 0 Å². The number of carbonyl (C=O) groups excluding carboxylic acids is 1. The molecule has 3 heterocycles. The largest absolute Gasteiger partial charge is 0.316 e. The summed E-state index contributed by atoms with van der Waals surface area (Å²) in [6.45, 7) is 7.41. The van der Waals surface area contributed by atoms with Crippen LogP contribution in [0.15, 0.2) is 11.1 Å². The number of aromatic nitrogens is 1. The standard InChI is InChI=1S/C21H23N5OS2/c1-5-17(28-20-15(9-22)12(2)8-13(3)24-20)19(27)25-21-16(10-23)14-6-7-26(4)11-18(14)29-21/h8,17H,5-7,11H2,1-4H3,(H,25,27). The van der Waals surface area contributed by atoms with Crippen LogP contribution in [0.25, 0.3) is 0 Å². The molecule has 0 spiro atoms. The van der Waals surface area contributed by atoms with Crippen LogP contribution in [0.2, 0.25) is 0 Å². The Bertz CT molecular complexity index is 1030. The molecular formula is C21H23N5OS2.